The van der Waals surface area contributed by atoms with Crippen molar-refractivity contribution in [1.82, 2.24) is 14.8 Å². The average Bonchev–Trinajstić information content (AvgIpc) is 3.02. The molecule has 2 aromatic heterocycles. The summed E-state index contributed by atoms with van der Waals surface area (Å²) in [5, 5.41) is 6.84. The fourth-order valence-electron chi connectivity index (χ4n) is 1.91. The second kappa shape index (κ2) is 5.54. The molecule has 0 radical (unpaired) electrons. The Hall–Kier alpha value is -3.02. The van der Waals surface area contributed by atoms with Crippen LogP contribution in [0.3, 0.4) is 0 Å². The lowest BCUT2D eigenvalue weighted by Gasteiger charge is -2.10. The molecule has 3 rings (SSSR count). The third-order valence-electron chi connectivity index (χ3n) is 2.85. The first kappa shape index (κ1) is 13.0. The summed E-state index contributed by atoms with van der Waals surface area (Å²) in [7, 11) is 0. The zero-order valence-corrected chi connectivity index (χ0v) is 10.9. The number of amides is 1. The van der Waals surface area contributed by atoms with Gasteiger partial charge in [0.15, 0.2) is 0 Å². The van der Waals surface area contributed by atoms with Crippen molar-refractivity contribution in [2.45, 2.75) is 0 Å². The fourth-order valence-corrected chi connectivity index (χ4v) is 1.91. The average molecular weight is 282 g/mol. The van der Waals surface area contributed by atoms with Crippen LogP contribution in [0.15, 0.2) is 60.9 Å². The minimum absolute atomic E-state index is 0.0188. The number of para-hydroxylation sites is 2. The Kier molecular flexibility index (Phi) is 3.42. The zero-order chi connectivity index (χ0) is 14.7. The number of carbonyl (C=O) groups is 1. The first-order chi connectivity index (χ1) is 10.2. The van der Waals surface area contributed by atoms with Crippen LogP contribution in [0, 0.1) is 5.95 Å². The van der Waals surface area contributed by atoms with Crippen molar-refractivity contribution < 1.29 is 9.18 Å². The number of carbonyl (C=O) groups excluding carboxylic acids is 1. The molecular formula is C15H11FN4O. The van der Waals surface area contributed by atoms with Gasteiger partial charge in [0.2, 0.25) is 5.95 Å². The molecule has 21 heavy (non-hydrogen) atoms. The van der Waals surface area contributed by atoms with Gasteiger partial charge in [0.25, 0.3) is 5.91 Å². The van der Waals surface area contributed by atoms with Crippen LogP contribution in [0.25, 0.3) is 5.69 Å². The van der Waals surface area contributed by atoms with E-state index in [9.17, 15) is 9.18 Å². The summed E-state index contributed by atoms with van der Waals surface area (Å²) < 4.78 is 14.7. The van der Waals surface area contributed by atoms with Crippen molar-refractivity contribution in [3.63, 3.8) is 0 Å². The smallest absolute Gasteiger partial charge is 0.274 e. The third-order valence-corrected chi connectivity index (χ3v) is 2.85. The number of hydrogen-bond donors (Lipinski definition) is 1. The lowest BCUT2D eigenvalue weighted by atomic mass is 10.2. The van der Waals surface area contributed by atoms with Gasteiger partial charge in [0, 0.05) is 12.4 Å². The summed E-state index contributed by atoms with van der Waals surface area (Å²) in [6, 6.07) is 13.1. The van der Waals surface area contributed by atoms with Gasteiger partial charge in [-0.25, -0.2) is 9.67 Å². The SMILES string of the molecule is O=C(Nc1ccccc1-n1cccn1)c1cccc(F)n1. The molecule has 0 bridgehead atoms. The number of halogens is 1. The molecular weight excluding hydrogens is 271 g/mol. The first-order valence-corrected chi connectivity index (χ1v) is 6.27. The number of aromatic nitrogens is 3. The van der Waals surface area contributed by atoms with Crippen molar-refractivity contribution >= 4 is 11.6 Å². The third kappa shape index (κ3) is 2.79. The second-order valence-electron chi connectivity index (χ2n) is 4.27. The van der Waals surface area contributed by atoms with Gasteiger partial charge in [0.05, 0.1) is 11.4 Å². The highest BCUT2D eigenvalue weighted by molar-refractivity contribution is 6.03. The highest BCUT2D eigenvalue weighted by Crippen LogP contribution is 2.19. The molecule has 0 fully saturated rings. The topological polar surface area (TPSA) is 59.8 Å². The lowest BCUT2D eigenvalue weighted by Crippen LogP contribution is -2.15. The van der Waals surface area contributed by atoms with E-state index in [0.717, 1.165) is 0 Å². The molecule has 1 amide bonds. The summed E-state index contributed by atoms with van der Waals surface area (Å²) in [4.78, 5) is 15.7. The number of rotatable bonds is 3. The molecule has 5 nitrogen and oxygen atoms in total. The quantitative estimate of drug-likeness (QED) is 0.751. The van der Waals surface area contributed by atoms with Crippen LogP contribution in [0.5, 0.6) is 0 Å². The molecule has 0 saturated heterocycles. The van der Waals surface area contributed by atoms with Crippen LogP contribution < -0.4 is 5.32 Å². The summed E-state index contributed by atoms with van der Waals surface area (Å²) in [6.45, 7) is 0. The number of nitrogens with one attached hydrogen (secondary N) is 1. The standard InChI is InChI=1S/C15H11FN4O/c16-14-8-3-6-12(18-14)15(21)19-11-5-1-2-7-13(11)20-10-4-9-17-20/h1-10H,(H,19,21). The molecule has 1 N–H and O–H groups in total. The molecule has 104 valence electrons. The molecule has 3 aromatic rings. The second-order valence-corrected chi connectivity index (χ2v) is 4.27. The van der Waals surface area contributed by atoms with Gasteiger partial charge in [-0.2, -0.15) is 9.49 Å². The Morgan fingerprint density at radius 1 is 1.10 bits per heavy atom. The van der Waals surface area contributed by atoms with Crippen molar-refractivity contribution in [2.24, 2.45) is 0 Å². The first-order valence-electron chi connectivity index (χ1n) is 6.27. The van der Waals surface area contributed by atoms with E-state index in [1.807, 2.05) is 12.1 Å². The molecule has 0 saturated carbocycles. The Morgan fingerprint density at radius 2 is 1.95 bits per heavy atom. The summed E-state index contributed by atoms with van der Waals surface area (Å²) in [5.41, 5.74) is 1.30. The largest absolute Gasteiger partial charge is 0.319 e. The Balaban J connectivity index is 1.90. The Labute approximate surface area is 120 Å². The van der Waals surface area contributed by atoms with E-state index >= 15 is 0 Å². The normalized spacial score (nSPS) is 10.3. The highest BCUT2D eigenvalue weighted by Gasteiger charge is 2.11. The maximum absolute atomic E-state index is 13.1. The minimum Gasteiger partial charge on any atom is -0.319 e. The molecule has 0 aliphatic rings. The molecule has 0 atom stereocenters. The van der Waals surface area contributed by atoms with Gasteiger partial charge < -0.3 is 5.32 Å². The number of nitrogens with zero attached hydrogens (tertiary/aromatic N) is 3. The minimum atomic E-state index is -0.692. The van der Waals surface area contributed by atoms with E-state index in [2.05, 4.69) is 15.4 Å². The van der Waals surface area contributed by atoms with Crippen molar-refractivity contribution in [3.05, 3.63) is 72.6 Å². The summed E-state index contributed by atoms with van der Waals surface area (Å²) in [5.74, 6) is -1.17. The van der Waals surface area contributed by atoms with Crippen LogP contribution in [-0.2, 0) is 0 Å². The molecule has 0 spiro atoms. The van der Waals surface area contributed by atoms with Crippen LogP contribution in [0.2, 0.25) is 0 Å². The molecule has 1 aromatic carbocycles. The number of pyridine rings is 1. The van der Waals surface area contributed by atoms with Gasteiger partial charge in [-0.15, -0.1) is 0 Å². The predicted octanol–water partition coefficient (Wildman–Crippen LogP) is 2.66. The van der Waals surface area contributed by atoms with E-state index in [0.29, 0.717) is 11.4 Å². The number of anilines is 1. The van der Waals surface area contributed by atoms with Gasteiger partial charge in [-0.05, 0) is 30.3 Å². The molecule has 2 heterocycles. The van der Waals surface area contributed by atoms with Crippen LogP contribution in [0.1, 0.15) is 10.5 Å². The van der Waals surface area contributed by atoms with E-state index in [4.69, 9.17) is 0 Å². The lowest BCUT2D eigenvalue weighted by molar-refractivity contribution is 0.102. The zero-order valence-electron chi connectivity index (χ0n) is 10.9. The van der Waals surface area contributed by atoms with Crippen molar-refractivity contribution in [2.75, 3.05) is 5.32 Å². The van der Waals surface area contributed by atoms with Gasteiger partial charge in [-0.3, -0.25) is 4.79 Å². The molecule has 0 aliphatic carbocycles. The van der Waals surface area contributed by atoms with Crippen LogP contribution in [-0.4, -0.2) is 20.7 Å². The Morgan fingerprint density at radius 3 is 2.71 bits per heavy atom. The van der Waals surface area contributed by atoms with Crippen LogP contribution in [0.4, 0.5) is 10.1 Å². The fraction of sp³-hybridized carbons (Fsp3) is 0. The number of benzene rings is 1. The molecule has 0 aliphatic heterocycles. The maximum atomic E-state index is 13.1. The Bertz CT molecular complexity index is 771. The number of hydrogen-bond acceptors (Lipinski definition) is 3. The van der Waals surface area contributed by atoms with Crippen LogP contribution >= 0.6 is 0 Å². The van der Waals surface area contributed by atoms with E-state index in [1.165, 1.54) is 18.2 Å². The highest BCUT2D eigenvalue weighted by atomic mass is 19.1. The summed E-state index contributed by atoms with van der Waals surface area (Å²) >= 11 is 0. The van der Waals surface area contributed by atoms with Crippen molar-refractivity contribution in [1.29, 1.82) is 0 Å². The maximum Gasteiger partial charge on any atom is 0.274 e. The summed E-state index contributed by atoms with van der Waals surface area (Å²) in [6.07, 6.45) is 3.41. The molecule has 0 unspecified atom stereocenters. The predicted molar refractivity (Wildman–Crippen MR) is 75.7 cm³/mol. The van der Waals surface area contributed by atoms with Gasteiger partial charge in [0.1, 0.15) is 5.69 Å². The van der Waals surface area contributed by atoms with E-state index in [-0.39, 0.29) is 5.69 Å². The van der Waals surface area contributed by atoms with E-state index in [1.54, 1.807) is 35.3 Å². The monoisotopic (exact) mass is 282 g/mol. The molecule has 6 heteroatoms. The van der Waals surface area contributed by atoms with Crippen molar-refractivity contribution in [3.8, 4) is 5.69 Å². The van der Waals surface area contributed by atoms with Gasteiger partial charge in [-0.1, -0.05) is 18.2 Å². The van der Waals surface area contributed by atoms with E-state index < -0.39 is 11.9 Å². The van der Waals surface area contributed by atoms with Gasteiger partial charge >= 0.3 is 0 Å².